The molecule has 0 aliphatic carbocycles. The van der Waals surface area contributed by atoms with E-state index < -0.39 is 0 Å². The predicted molar refractivity (Wildman–Crippen MR) is 39.0 cm³/mol. The molecule has 4 nitrogen and oxygen atoms in total. The smallest absolute Gasteiger partial charge is 0.201 e. The first-order valence-electron chi connectivity index (χ1n) is 3.15. The average molecular weight is 155 g/mol. The van der Waals surface area contributed by atoms with Gasteiger partial charge >= 0.3 is 0 Å². The molecule has 0 saturated carbocycles. The Morgan fingerprint density at radius 2 is 2.45 bits per heavy atom. The van der Waals surface area contributed by atoms with Crippen molar-refractivity contribution in [2.24, 2.45) is 0 Å². The number of ketones is 1. The summed E-state index contributed by atoms with van der Waals surface area (Å²) in [5, 5.41) is 8.60. The maximum Gasteiger partial charge on any atom is 0.201 e. The number of anilines is 1. The first-order valence-corrected chi connectivity index (χ1v) is 3.15. The molecule has 60 valence electrons. The molecule has 0 atom stereocenters. The van der Waals surface area contributed by atoms with E-state index in [0.717, 1.165) is 0 Å². The van der Waals surface area contributed by atoms with Gasteiger partial charge in [0, 0.05) is 0 Å². The lowest BCUT2D eigenvalue weighted by molar-refractivity contribution is 0.101. The van der Waals surface area contributed by atoms with Gasteiger partial charge in [0.15, 0.2) is 5.78 Å². The number of hydrogen-bond acceptors (Lipinski definition) is 4. The standard InChI is InChI=1S/C7H9NO3/c1-4(10)6-2-5(3-9)11-7(6)8/h2,9H,3,8H2,1H3. The van der Waals surface area contributed by atoms with E-state index in [4.69, 9.17) is 15.3 Å². The Morgan fingerprint density at radius 3 is 2.73 bits per heavy atom. The van der Waals surface area contributed by atoms with E-state index in [9.17, 15) is 4.79 Å². The topological polar surface area (TPSA) is 76.5 Å². The molecule has 1 aromatic rings. The molecule has 1 rings (SSSR count). The number of furan rings is 1. The highest BCUT2D eigenvalue weighted by Gasteiger charge is 2.10. The van der Waals surface area contributed by atoms with Crippen molar-refractivity contribution >= 4 is 11.7 Å². The van der Waals surface area contributed by atoms with Gasteiger partial charge in [-0.2, -0.15) is 0 Å². The summed E-state index contributed by atoms with van der Waals surface area (Å²) in [5.41, 5.74) is 5.65. The number of rotatable bonds is 2. The van der Waals surface area contributed by atoms with Crippen LogP contribution >= 0.6 is 0 Å². The summed E-state index contributed by atoms with van der Waals surface area (Å²) < 4.78 is 4.83. The molecule has 0 bridgehead atoms. The molecule has 0 fully saturated rings. The lowest BCUT2D eigenvalue weighted by atomic mass is 10.2. The van der Waals surface area contributed by atoms with Crippen molar-refractivity contribution in [1.29, 1.82) is 0 Å². The Balaban J connectivity index is 3.07. The van der Waals surface area contributed by atoms with Crippen LogP contribution in [0.15, 0.2) is 10.5 Å². The van der Waals surface area contributed by atoms with Gasteiger partial charge in [-0.1, -0.05) is 0 Å². The summed E-state index contributed by atoms with van der Waals surface area (Å²) in [7, 11) is 0. The molecule has 0 spiro atoms. The molecule has 1 aromatic heterocycles. The summed E-state index contributed by atoms with van der Waals surface area (Å²) in [6.45, 7) is 1.15. The lowest BCUT2D eigenvalue weighted by Gasteiger charge is -1.86. The van der Waals surface area contributed by atoms with Gasteiger partial charge in [-0.3, -0.25) is 4.79 Å². The van der Waals surface area contributed by atoms with E-state index in [1.54, 1.807) is 0 Å². The van der Waals surface area contributed by atoms with E-state index in [-0.39, 0.29) is 18.3 Å². The summed E-state index contributed by atoms with van der Waals surface area (Å²) >= 11 is 0. The zero-order chi connectivity index (χ0) is 8.43. The summed E-state index contributed by atoms with van der Waals surface area (Å²) in [4.78, 5) is 10.8. The maximum absolute atomic E-state index is 10.8. The van der Waals surface area contributed by atoms with Crippen LogP contribution in [-0.2, 0) is 6.61 Å². The van der Waals surface area contributed by atoms with Crippen molar-refractivity contribution in [2.75, 3.05) is 5.73 Å². The van der Waals surface area contributed by atoms with Crippen molar-refractivity contribution in [3.05, 3.63) is 17.4 Å². The van der Waals surface area contributed by atoms with E-state index in [1.807, 2.05) is 0 Å². The number of nitrogen functional groups attached to an aromatic ring is 1. The quantitative estimate of drug-likeness (QED) is 0.611. The lowest BCUT2D eigenvalue weighted by Crippen LogP contribution is -1.94. The number of aliphatic hydroxyl groups is 1. The van der Waals surface area contributed by atoms with Gasteiger partial charge in [-0.25, -0.2) is 0 Å². The minimum absolute atomic E-state index is 0.0709. The summed E-state index contributed by atoms with van der Waals surface area (Å²) in [6.07, 6.45) is 0. The fraction of sp³-hybridized carbons (Fsp3) is 0.286. The van der Waals surface area contributed by atoms with Crippen LogP contribution in [0.5, 0.6) is 0 Å². The van der Waals surface area contributed by atoms with E-state index >= 15 is 0 Å². The minimum atomic E-state index is -0.239. The maximum atomic E-state index is 10.8. The third-order valence-electron chi connectivity index (χ3n) is 1.35. The highest BCUT2D eigenvalue weighted by atomic mass is 16.4. The molecule has 11 heavy (non-hydrogen) atoms. The molecule has 0 aliphatic heterocycles. The number of carbonyl (C=O) groups is 1. The van der Waals surface area contributed by atoms with Crippen LogP contribution in [-0.4, -0.2) is 10.9 Å². The Kier molecular flexibility index (Phi) is 1.96. The monoisotopic (exact) mass is 155 g/mol. The Hall–Kier alpha value is -1.29. The summed E-state index contributed by atoms with van der Waals surface area (Å²) in [6, 6.07) is 1.44. The van der Waals surface area contributed by atoms with E-state index in [0.29, 0.717) is 11.3 Å². The Morgan fingerprint density at radius 1 is 1.82 bits per heavy atom. The number of carbonyl (C=O) groups excluding carboxylic acids is 1. The number of aliphatic hydroxyl groups excluding tert-OH is 1. The van der Waals surface area contributed by atoms with E-state index in [1.165, 1.54) is 13.0 Å². The molecule has 0 saturated heterocycles. The van der Waals surface area contributed by atoms with E-state index in [2.05, 4.69) is 0 Å². The third kappa shape index (κ3) is 1.40. The average Bonchev–Trinajstić information content (AvgIpc) is 2.30. The summed E-state index contributed by atoms with van der Waals surface area (Å²) in [5.74, 6) is 0.222. The molecule has 0 radical (unpaired) electrons. The SMILES string of the molecule is CC(=O)c1cc(CO)oc1N. The Labute approximate surface area is 63.6 Å². The molecule has 1 heterocycles. The number of hydrogen-bond donors (Lipinski definition) is 2. The number of nitrogens with two attached hydrogens (primary N) is 1. The third-order valence-corrected chi connectivity index (χ3v) is 1.35. The van der Waals surface area contributed by atoms with Crippen molar-refractivity contribution in [3.8, 4) is 0 Å². The normalized spacial score (nSPS) is 10.0. The van der Waals surface area contributed by atoms with Crippen LogP contribution < -0.4 is 5.73 Å². The van der Waals surface area contributed by atoms with Crippen molar-refractivity contribution in [3.63, 3.8) is 0 Å². The molecule has 0 unspecified atom stereocenters. The van der Waals surface area contributed by atoms with Crippen LogP contribution in [0.25, 0.3) is 0 Å². The van der Waals surface area contributed by atoms with Crippen LogP contribution in [0.3, 0.4) is 0 Å². The molecule has 0 amide bonds. The minimum Gasteiger partial charge on any atom is -0.443 e. The van der Waals surface area contributed by atoms with Gasteiger partial charge < -0.3 is 15.3 Å². The molecule has 3 N–H and O–H groups in total. The van der Waals surface area contributed by atoms with Gasteiger partial charge in [0.05, 0.1) is 5.56 Å². The van der Waals surface area contributed by atoms with Crippen LogP contribution in [0.4, 0.5) is 5.88 Å². The fourth-order valence-electron chi connectivity index (χ4n) is 0.811. The molecular formula is C7H9NO3. The van der Waals surface area contributed by atoms with Gasteiger partial charge in [0.2, 0.25) is 5.88 Å². The van der Waals surface area contributed by atoms with Crippen LogP contribution in [0.1, 0.15) is 23.0 Å². The zero-order valence-corrected chi connectivity index (χ0v) is 6.13. The fourth-order valence-corrected chi connectivity index (χ4v) is 0.811. The van der Waals surface area contributed by atoms with Crippen molar-refractivity contribution in [2.45, 2.75) is 13.5 Å². The zero-order valence-electron chi connectivity index (χ0n) is 6.13. The Bertz CT molecular complexity index is 277. The highest BCUT2D eigenvalue weighted by Crippen LogP contribution is 2.17. The largest absolute Gasteiger partial charge is 0.443 e. The highest BCUT2D eigenvalue weighted by molar-refractivity contribution is 5.98. The second-order valence-corrected chi connectivity index (χ2v) is 2.20. The van der Waals surface area contributed by atoms with Gasteiger partial charge in [-0.05, 0) is 13.0 Å². The first kappa shape index (κ1) is 7.81. The van der Waals surface area contributed by atoms with Crippen LogP contribution in [0.2, 0.25) is 0 Å². The van der Waals surface area contributed by atoms with Crippen molar-refractivity contribution in [1.82, 2.24) is 0 Å². The molecule has 4 heteroatoms. The van der Waals surface area contributed by atoms with Crippen molar-refractivity contribution < 1.29 is 14.3 Å². The number of Topliss-reactive ketones (excluding diaryl/α,β-unsaturated/α-hetero) is 1. The second-order valence-electron chi connectivity index (χ2n) is 2.20. The second kappa shape index (κ2) is 2.75. The first-order chi connectivity index (χ1) is 5.15. The van der Waals surface area contributed by atoms with Gasteiger partial charge in [0.25, 0.3) is 0 Å². The molecule has 0 aliphatic rings. The molecule has 0 aromatic carbocycles. The van der Waals surface area contributed by atoms with Gasteiger partial charge in [0.1, 0.15) is 12.4 Å². The predicted octanol–water partition coefficient (Wildman–Crippen LogP) is 0.557. The van der Waals surface area contributed by atoms with Gasteiger partial charge in [-0.15, -0.1) is 0 Å². The molecular weight excluding hydrogens is 146 g/mol. The van der Waals surface area contributed by atoms with Crippen LogP contribution in [0, 0.1) is 0 Å².